The summed E-state index contributed by atoms with van der Waals surface area (Å²) < 4.78 is 5.47. The fourth-order valence-electron chi connectivity index (χ4n) is 8.19. The van der Waals surface area contributed by atoms with Gasteiger partial charge < -0.3 is 9.84 Å². The van der Waals surface area contributed by atoms with Gasteiger partial charge in [-0.1, -0.05) is 275 Å². The number of aliphatic hydroxyl groups excluding tert-OH is 1. The number of allylic oxidation sites excluding steroid dienone is 6. The summed E-state index contributed by atoms with van der Waals surface area (Å²) in [4.78, 5) is 12.0. The number of hydrogen-bond donors (Lipinski definition) is 1. The Morgan fingerprint density at radius 1 is 0.345 bits per heavy atom. The lowest BCUT2D eigenvalue weighted by atomic mass is 10.0. The van der Waals surface area contributed by atoms with Gasteiger partial charge in [0.15, 0.2) is 0 Å². The molecule has 0 saturated carbocycles. The standard InChI is InChI=1S/C55H104O3/c1-2-3-4-5-6-7-8-9-31-34-37-40-43-46-49-52-55(57)58-54-51-48-45-42-39-36-33-30-28-26-24-22-20-18-16-14-12-10-11-13-15-17-19-21-23-25-27-29-32-35-38-41-44-47-50-53-56/h3-4,6-7,9,31,56H,2,5,8,10-30,32-54H2,1H3/b4-3-,7-6-,31-9-. The van der Waals surface area contributed by atoms with Crippen LogP contribution in [0, 0.1) is 0 Å². The highest BCUT2D eigenvalue weighted by molar-refractivity contribution is 5.69. The van der Waals surface area contributed by atoms with E-state index >= 15 is 0 Å². The first kappa shape index (κ1) is 56.6. The summed E-state index contributed by atoms with van der Waals surface area (Å²) >= 11 is 0. The highest BCUT2D eigenvalue weighted by Crippen LogP contribution is 2.17. The van der Waals surface area contributed by atoms with Gasteiger partial charge in [-0.05, 0) is 51.4 Å². The van der Waals surface area contributed by atoms with E-state index in [0.717, 1.165) is 44.9 Å². The molecule has 0 aliphatic heterocycles. The average molecular weight is 813 g/mol. The minimum Gasteiger partial charge on any atom is -0.466 e. The van der Waals surface area contributed by atoms with Crippen molar-refractivity contribution in [2.45, 2.75) is 296 Å². The number of esters is 1. The molecule has 342 valence electrons. The van der Waals surface area contributed by atoms with Crippen molar-refractivity contribution in [3.05, 3.63) is 36.5 Å². The molecule has 0 aromatic rings. The van der Waals surface area contributed by atoms with Crippen LogP contribution in [0.15, 0.2) is 36.5 Å². The Labute approximate surface area is 364 Å². The van der Waals surface area contributed by atoms with E-state index in [2.05, 4.69) is 43.4 Å². The van der Waals surface area contributed by atoms with Crippen LogP contribution in [0.2, 0.25) is 0 Å². The van der Waals surface area contributed by atoms with Crippen LogP contribution < -0.4 is 0 Å². The molecule has 0 aromatic heterocycles. The van der Waals surface area contributed by atoms with Crippen molar-refractivity contribution in [1.82, 2.24) is 0 Å². The third-order valence-corrected chi connectivity index (χ3v) is 12.1. The average Bonchev–Trinajstić information content (AvgIpc) is 3.23. The topological polar surface area (TPSA) is 46.5 Å². The zero-order valence-electron chi connectivity index (χ0n) is 39.5. The molecule has 0 aliphatic rings. The van der Waals surface area contributed by atoms with Crippen molar-refractivity contribution in [2.75, 3.05) is 13.2 Å². The summed E-state index contributed by atoms with van der Waals surface area (Å²) in [6.07, 6.45) is 73.2. The van der Waals surface area contributed by atoms with Gasteiger partial charge in [0, 0.05) is 13.0 Å². The molecule has 0 unspecified atom stereocenters. The Hall–Kier alpha value is -1.35. The van der Waals surface area contributed by atoms with Gasteiger partial charge in [0.25, 0.3) is 0 Å². The van der Waals surface area contributed by atoms with Crippen LogP contribution in [-0.4, -0.2) is 24.3 Å². The van der Waals surface area contributed by atoms with Crippen LogP contribution in [0.25, 0.3) is 0 Å². The Balaban J connectivity index is 3.16. The predicted octanol–water partition coefficient (Wildman–Crippen LogP) is 18.8. The number of ether oxygens (including phenoxy) is 1. The van der Waals surface area contributed by atoms with Gasteiger partial charge in [-0.15, -0.1) is 0 Å². The molecule has 0 spiro atoms. The first-order chi connectivity index (χ1) is 28.8. The number of hydrogen-bond acceptors (Lipinski definition) is 3. The van der Waals surface area contributed by atoms with Gasteiger partial charge in [-0.25, -0.2) is 0 Å². The summed E-state index contributed by atoms with van der Waals surface area (Å²) in [5, 5.41) is 8.82. The highest BCUT2D eigenvalue weighted by atomic mass is 16.5. The van der Waals surface area contributed by atoms with Gasteiger partial charge in [0.2, 0.25) is 0 Å². The zero-order valence-corrected chi connectivity index (χ0v) is 39.5. The lowest BCUT2D eigenvalue weighted by molar-refractivity contribution is -0.143. The third kappa shape index (κ3) is 52.7. The maximum absolute atomic E-state index is 12.0. The Kier molecular flexibility index (Phi) is 52.4. The van der Waals surface area contributed by atoms with Crippen LogP contribution in [0.4, 0.5) is 0 Å². The van der Waals surface area contributed by atoms with Gasteiger partial charge in [-0.2, -0.15) is 0 Å². The van der Waals surface area contributed by atoms with Crippen LogP contribution in [0.3, 0.4) is 0 Å². The molecule has 0 saturated heterocycles. The van der Waals surface area contributed by atoms with E-state index < -0.39 is 0 Å². The van der Waals surface area contributed by atoms with E-state index in [-0.39, 0.29) is 5.97 Å². The molecular weight excluding hydrogens is 709 g/mol. The fourth-order valence-corrected chi connectivity index (χ4v) is 8.19. The molecule has 0 radical (unpaired) electrons. The molecule has 0 bridgehead atoms. The SMILES string of the molecule is CC/C=C\C/C=C\C/C=C\CCCCCCCC(=O)OCCCCCCCCCCCCCCCCCCCCCCCCCCCCCCCCCCCCCO. The van der Waals surface area contributed by atoms with E-state index in [1.165, 1.54) is 238 Å². The lowest BCUT2D eigenvalue weighted by Crippen LogP contribution is -2.05. The minimum atomic E-state index is 0.00905. The Bertz CT molecular complexity index is 844. The van der Waals surface area contributed by atoms with E-state index in [4.69, 9.17) is 9.84 Å². The van der Waals surface area contributed by atoms with Crippen molar-refractivity contribution < 1.29 is 14.6 Å². The maximum atomic E-state index is 12.0. The number of rotatable bonds is 50. The van der Waals surface area contributed by atoms with Crippen molar-refractivity contribution in [3.8, 4) is 0 Å². The van der Waals surface area contributed by atoms with Crippen LogP contribution >= 0.6 is 0 Å². The molecule has 0 amide bonds. The number of unbranched alkanes of at least 4 members (excludes halogenated alkanes) is 39. The second kappa shape index (κ2) is 53.7. The molecule has 0 rings (SSSR count). The Morgan fingerprint density at radius 3 is 0.966 bits per heavy atom. The molecular formula is C55H104O3. The predicted molar refractivity (Wildman–Crippen MR) is 259 cm³/mol. The molecule has 3 heteroatoms. The monoisotopic (exact) mass is 813 g/mol. The molecule has 0 aliphatic carbocycles. The molecule has 0 fully saturated rings. The van der Waals surface area contributed by atoms with Crippen LogP contribution in [0.1, 0.15) is 296 Å². The van der Waals surface area contributed by atoms with Crippen molar-refractivity contribution in [3.63, 3.8) is 0 Å². The normalized spacial score (nSPS) is 12.0. The number of carbonyl (C=O) groups is 1. The summed E-state index contributed by atoms with van der Waals surface area (Å²) in [7, 11) is 0. The van der Waals surface area contributed by atoms with Gasteiger partial charge in [0.1, 0.15) is 0 Å². The Morgan fingerprint density at radius 2 is 0.621 bits per heavy atom. The number of aliphatic hydroxyl groups is 1. The first-order valence-corrected chi connectivity index (χ1v) is 26.5. The zero-order chi connectivity index (χ0) is 41.8. The van der Waals surface area contributed by atoms with Crippen LogP contribution in [-0.2, 0) is 9.53 Å². The summed E-state index contributed by atoms with van der Waals surface area (Å²) in [6, 6.07) is 0. The maximum Gasteiger partial charge on any atom is 0.305 e. The quantitative estimate of drug-likeness (QED) is 0.0378. The molecule has 58 heavy (non-hydrogen) atoms. The van der Waals surface area contributed by atoms with Gasteiger partial charge in [0.05, 0.1) is 6.61 Å². The molecule has 0 aromatic carbocycles. The largest absolute Gasteiger partial charge is 0.466 e. The summed E-state index contributed by atoms with van der Waals surface area (Å²) in [5.41, 5.74) is 0. The lowest BCUT2D eigenvalue weighted by Gasteiger charge is -2.06. The molecule has 0 atom stereocenters. The van der Waals surface area contributed by atoms with E-state index in [9.17, 15) is 4.79 Å². The third-order valence-electron chi connectivity index (χ3n) is 12.1. The summed E-state index contributed by atoms with van der Waals surface area (Å²) in [6.45, 7) is 3.16. The highest BCUT2D eigenvalue weighted by Gasteiger charge is 2.03. The molecule has 1 N–H and O–H groups in total. The minimum absolute atomic E-state index is 0.00905. The second-order valence-corrected chi connectivity index (χ2v) is 17.9. The summed E-state index contributed by atoms with van der Waals surface area (Å²) in [5.74, 6) is 0.00905. The first-order valence-electron chi connectivity index (χ1n) is 26.5. The van der Waals surface area contributed by atoms with E-state index in [1.54, 1.807) is 0 Å². The number of carbonyl (C=O) groups excluding carboxylic acids is 1. The van der Waals surface area contributed by atoms with Crippen molar-refractivity contribution in [2.24, 2.45) is 0 Å². The molecule has 3 nitrogen and oxygen atoms in total. The second-order valence-electron chi connectivity index (χ2n) is 17.9. The van der Waals surface area contributed by atoms with Crippen molar-refractivity contribution in [1.29, 1.82) is 0 Å². The van der Waals surface area contributed by atoms with E-state index in [1.807, 2.05) is 0 Å². The van der Waals surface area contributed by atoms with Gasteiger partial charge in [-0.3, -0.25) is 4.79 Å². The molecule has 0 heterocycles. The fraction of sp³-hybridized carbons (Fsp3) is 0.873. The smallest absolute Gasteiger partial charge is 0.305 e. The van der Waals surface area contributed by atoms with E-state index in [0.29, 0.717) is 19.6 Å². The van der Waals surface area contributed by atoms with Crippen LogP contribution in [0.5, 0.6) is 0 Å². The van der Waals surface area contributed by atoms with Gasteiger partial charge >= 0.3 is 5.97 Å². The van der Waals surface area contributed by atoms with Crippen molar-refractivity contribution >= 4 is 5.97 Å².